The van der Waals surface area contributed by atoms with Crippen LogP contribution in [0.5, 0.6) is 5.75 Å². The number of amides is 1. The molecule has 3 aromatic rings. The van der Waals surface area contributed by atoms with Crippen LogP contribution in [0.3, 0.4) is 0 Å². The van der Waals surface area contributed by atoms with E-state index in [9.17, 15) is 13.2 Å². The molecule has 29 heavy (non-hydrogen) atoms. The number of sulfonamides is 1. The summed E-state index contributed by atoms with van der Waals surface area (Å²) in [5.41, 5.74) is 7.19. The number of ether oxygens (including phenoxy) is 1. The minimum atomic E-state index is -4.05. The predicted molar refractivity (Wildman–Crippen MR) is 110 cm³/mol. The number of nitrogens with zero attached hydrogens (tertiary/aromatic N) is 1. The average molecular weight is 411 g/mol. The molecule has 0 spiro atoms. The summed E-state index contributed by atoms with van der Waals surface area (Å²) >= 11 is 0. The van der Waals surface area contributed by atoms with Crippen molar-refractivity contribution in [2.45, 2.75) is 17.7 Å². The van der Waals surface area contributed by atoms with Crippen molar-refractivity contribution in [3.8, 4) is 5.75 Å². The van der Waals surface area contributed by atoms with Gasteiger partial charge < -0.3 is 10.5 Å². The van der Waals surface area contributed by atoms with Crippen LogP contribution in [-0.2, 0) is 22.9 Å². The molecule has 1 aromatic heterocycles. The van der Waals surface area contributed by atoms with Crippen LogP contribution in [0.25, 0.3) is 0 Å². The lowest BCUT2D eigenvalue weighted by atomic mass is 10.0. The van der Waals surface area contributed by atoms with Crippen molar-refractivity contribution in [3.05, 3.63) is 83.7 Å². The number of hydrogen-bond donors (Lipinski definition) is 2. The minimum Gasteiger partial charge on any atom is -0.497 e. The molecular formula is C21H21N3O4S. The Balaban J connectivity index is 1.97. The van der Waals surface area contributed by atoms with Gasteiger partial charge in [0.15, 0.2) is 0 Å². The minimum absolute atomic E-state index is 0.0514. The fourth-order valence-corrected chi connectivity index (χ4v) is 4.54. The standard InChI is InChI=1S/C21H21N3O4S/c1-28-18-8-2-5-15(13-18)10-11-16-6-3-9-19(21(22)25)20(16)29(26,27)24-17-7-4-12-23-14-17/h2-9,12-14,24H,10-11H2,1H3,(H2,22,25). The second-order valence-corrected chi connectivity index (χ2v) is 7.98. The Morgan fingerprint density at radius 3 is 2.59 bits per heavy atom. The highest BCUT2D eigenvalue weighted by Crippen LogP contribution is 2.25. The van der Waals surface area contributed by atoms with Crippen LogP contribution in [-0.4, -0.2) is 26.4 Å². The maximum absolute atomic E-state index is 13.1. The van der Waals surface area contributed by atoms with Crippen molar-refractivity contribution < 1.29 is 17.9 Å². The van der Waals surface area contributed by atoms with E-state index in [1.165, 1.54) is 18.5 Å². The number of methoxy groups -OCH3 is 1. The molecule has 0 unspecified atom stereocenters. The number of aryl methyl sites for hydroxylation is 2. The van der Waals surface area contributed by atoms with Crippen LogP contribution in [0.1, 0.15) is 21.5 Å². The first-order chi connectivity index (χ1) is 13.9. The molecule has 8 heteroatoms. The highest BCUT2D eigenvalue weighted by atomic mass is 32.2. The first-order valence-corrected chi connectivity index (χ1v) is 10.4. The van der Waals surface area contributed by atoms with E-state index in [-0.39, 0.29) is 10.5 Å². The highest BCUT2D eigenvalue weighted by molar-refractivity contribution is 7.92. The molecule has 0 aliphatic rings. The van der Waals surface area contributed by atoms with Gasteiger partial charge in [0.2, 0.25) is 5.91 Å². The third-order valence-electron chi connectivity index (χ3n) is 4.36. The van der Waals surface area contributed by atoms with Crippen molar-refractivity contribution in [3.63, 3.8) is 0 Å². The van der Waals surface area contributed by atoms with Gasteiger partial charge in [-0.1, -0.05) is 24.3 Å². The Labute approximate surface area is 169 Å². The van der Waals surface area contributed by atoms with Gasteiger partial charge in [-0.2, -0.15) is 0 Å². The van der Waals surface area contributed by atoms with E-state index in [4.69, 9.17) is 10.5 Å². The number of hydrogen-bond acceptors (Lipinski definition) is 5. The second-order valence-electron chi connectivity index (χ2n) is 6.36. The fraction of sp³-hybridized carbons (Fsp3) is 0.143. The number of anilines is 1. The molecule has 0 fully saturated rings. The van der Waals surface area contributed by atoms with Gasteiger partial charge in [-0.15, -0.1) is 0 Å². The molecule has 0 bridgehead atoms. The topological polar surface area (TPSA) is 111 Å². The second kappa shape index (κ2) is 8.74. The quantitative estimate of drug-likeness (QED) is 0.592. The number of benzene rings is 2. The monoisotopic (exact) mass is 411 g/mol. The zero-order valence-electron chi connectivity index (χ0n) is 15.8. The molecule has 2 aromatic carbocycles. The van der Waals surface area contributed by atoms with Gasteiger partial charge in [0.1, 0.15) is 10.6 Å². The summed E-state index contributed by atoms with van der Waals surface area (Å²) in [5, 5.41) is 0. The highest BCUT2D eigenvalue weighted by Gasteiger charge is 2.25. The molecule has 150 valence electrons. The van der Waals surface area contributed by atoms with Crippen molar-refractivity contribution in [1.29, 1.82) is 0 Å². The zero-order chi connectivity index (χ0) is 20.9. The number of pyridine rings is 1. The zero-order valence-corrected chi connectivity index (χ0v) is 16.6. The SMILES string of the molecule is COc1cccc(CCc2cccc(C(N)=O)c2S(=O)(=O)Nc2cccnc2)c1. The summed E-state index contributed by atoms with van der Waals surface area (Å²) in [6.07, 6.45) is 3.89. The van der Waals surface area contributed by atoms with E-state index in [2.05, 4.69) is 9.71 Å². The molecule has 1 amide bonds. The summed E-state index contributed by atoms with van der Waals surface area (Å²) in [6.45, 7) is 0. The molecule has 1 heterocycles. The van der Waals surface area contributed by atoms with Crippen LogP contribution in [0.4, 0.5) is 5.69 Å². The van der Waals surface area contributed by atoms with Gasteiger partial charge in [0.25, 0.3) is 10.0 Å². The largest absolute Gasteiger partial charge is 0.497 e. The Kier molecular flexibility index (Phi) is 6.13. The lowest BCUT2D eigenvalue weighted by Gasteiger charge is -2.15. The molecule has 0 radical (unpaired) electrons. The first kappa shape index (κ1) is 20.3. The maximum Gasteiger partial charge on any atom is 0.263 e. The Morgan fingerprint density at radius 1 is 1.10 bits per heavy atom. The van der Waals surface area contributed by atoms with E-state index in [1.54, 1.807) is 31.4 Å². The molecule has 0 saturated carbocycles. The van der Waals surface area contributed by atoms with Gasteiger partial charge >= 0.3 is 0 Å². The maximum atomic E-state index is 13.1. The van der Waals surface area contributed by atoms with Crippen LogP contribution >= 0.6 is 0 Å². The number of primary amides is 1. The summed E-state index contributed by atoms with van der Waals surface area (Å²) in [5.74, 6) is -0.0840. The molecule has 0 saturated heterocycles. The molecule has 3 N–H and O–H groups in total. The molecule has 0 aliphatic carbocycles. The summed E-state index contributed by atoms with van der Waals surface area (Å²) in [7, 11) is -2.46. The number of carbonyl (C=O) groups excluding carboxylic acids is 1. The fourth-order valence-electron chi connectivity index (χ4n) is 3.03. The molecule has 0 aliphatic heterocycles. The average Bonchev–Trinajstić information content (AvgIpc) is 2.72. The van der Waals surface area contributed by atoms with Crippen LogP contribution < -0.4 is 15.2 Å². The summed E-state index contributed by atoms with van der Waals surface area (Å²) in [4.78, 5) is 15.7. The third-order valence-corrected chi connectivity index (χ3v) is 5.89. The lowest BCUT2D eigenvalue weighted by molar-refractivity contribution is 0.0997. The Morgan fingerprint density at radius 2 is 1.90 bits per heavy atom. The van der Waals surface area contributed by atoms with Crippen LogP contribution in [0.2, 0.25) is 0 Å². The Hall–Kier alpha value is -3.39. The van der Waals surface area contributed by atoms with E-state index in [0.29, 0.717) is 24.1 Å². The van der Waals surface area contributed by atoms with Crippen LogP contribution in [0, 0.1) is 0 Å². The third kappa shape index (κ3) is 4.91. The van der Waals surface area contributed by atoms with Crippen molar-refractivity contribution in [2.75, 3.05) is 11.8 Å². The number of carbonyl (C=O) groups is 1. The lowest BCUT2D eigenvalue weighted by Crippen LogP contribution is -2.22. The van der Waals surface area contributed by atoms with E-state index >= 15 is 0 Å². The van der Waals surface area contributed by atoms with Crippen molar-refractivity contribution in [1.82, 2.24) is 4.98 Å². The van der Waals surface area contributed by atoms with Gasteiger partial charge in [-0.25, -0.2) is 8.42 Å². The van der Waals surface area contributed by atoms with Crippen LogP contribution in [0.15, 0.2) is 71.9 Å². The number of nitrogens with one attached hydrogen (secondary N) is 1. The van der Waals surface area contributed by atoms with Crippen molar-refractivity contribution in [2.24, 2.45) is 5.73 Å². The van der Waals surface area contributed by atoms with E-state index in [1.807, 2.05) is 24.3 Å². The normalized spacial score (nSPS) is 11.1. The van der Waals surface area contributed by atoms with E-state index < -0.39 is 15.9 Å². The molecule has 7 nitrogen and oxygen atoms in total. The van der Waals surface area contributed by atoms with Gasteiger partial charge in [-0.05, 0) is 54.3 Å². The van der Waals surface area contributed by atoms with E-state index in [0.717, 1.165) is 11.3 Å². The van der Waals surface area contributed by atoms with Gasteiger partial charge in [-0.3, -0.25) is 14.5 Å². The molecular weight excluding hydrogens is 390 g/mol. The van der Waals surface area contributed by atoms with Gasteiger partial charge in [0.05, 0.1) is 24.6 Å². The number of nitrogens with two attached hydrogens (primary N) is 1. The molecule has 3 rings (SSSR count). The number of rotatable bonds is 8. The molecule has 0 atom stereocenters. The first-order valence-electron chi connectivity index (χ1n) is 8.88. The Bertz CT molecular complexity index is 1120. The summed E-state index contributed by atoms with van der Waals surface area (Å²) < 4.78 is 33.9. The predicted octanol–water partition coefficient (Wildman–Crippen LogP) is 2.78. The van der Waals surface area contributed by atoms with Gasteiger partial charge in [0, 0.05) is 6.20 Å². The van der Waals surface area contributed by atoms with Crippen molar-refractivity contribution >= 4 is 21.6 Å². The smallest absolute Gasteiger partial charge is 0.263 e. The summed E-state index contributed by atoms with van der Waals surface area (Å²) in [6, 6.07) is 15.4. The number of aromatic nitrogens is 1.